The zero-order valence-corrected chi connectivity index (χ0v) is 21.7. The van der Waals surface area contributed by atoms with Crippen LogP contribution in [0.2, 0.25) is 0 Å². The van der Waals surface area contributed by atoms with E-state index in [0.717, 1.165) is 35.4 Å². The molecule has 0 aromatic heterocycles. The number of hydrogen-bond acceptors (Lipinski definition) is 9. The summed E-state index contributed by atoms with van der Waals surface area (Å²) in [6.07, 6.45) is 0.815. The molecule has 0 spiro atoms. The number of amides is 1. The van der Waals surface area contributed by atoms with Crippen LogP contribution in [0.25, 0.3) is 11.1 Å². The smallest absolute Gasteiger partial charge is 0.284 e. The van der Waals surface area contributed by atoms with Crippen LogP contribution in [0.3, 0.4) is 0 Å². The van der Waals surface area contributed by atoms with Crippen LogP contribution in [-0.4, -0.2) is 37.6 Å². The molecular weight excluding hydrogens is 546 g/mol. The number of nitro groups is 3. The molecule has 4 aromatic carbocycles. The van der Waals surface area contributed by atoms with Crippen molar-refractivity contribution >= 4 is 28.7 Å². The molecule has 0 unspecified atom stereocenters. The van der Waals surface area contributed by atoms with Crippen LogP contribution in [0.15, 0.2) is 90.1 Å². The van der Waals surface area contributed by atoms with Gasteiger partial charge in [-0.2, -0.15) is 0 Å². The van der Waals surface area contributed by atoms with Gasteiger partial charge in [-0.25, -0.2) is 0 Å². The second-order valence-electron chi connectivity index (χ2n) is 9.57. The molecule has 13 heteroatoms. The molecule has 0 fully saturated rings. The van der Waals surface area contributed by atoms with Crippen LogP contribution in [0.4, 0.5) is 17.1 Å². The van der Waals surface area contributed by atoms with Gasteiger partial charge in [0.15, 0.2) is 0 Å². The minimum absolute atomic E-state index is 0.0966. The molecule has 1 aliphatic carbocycles. The Bertz CT molecular complexity index is 1730. The van der Waals surface area contributed by atoms with Gasteiger partial charge in [0.1, 0.15) is 5.71 Å². The highest BCUT2D eigenvalue weighted by atomic mass is 16.6. The summed E-state index contributed by atoms with van der Waals surface area (Å²) in [6.45, 7) is 0. The third-order valence-electron chi connectivity index (χ3n) is 6.93. The normalized spacial score (nSPS) is 12.5. The molecule has 42 heavy (non-hydrogen) atoms. The first kappa shape index (κ1) is 27.6. The lowest BCUT2D eigenvalue weighted by Gasteiger charge is -2.20. The maximum absolute atomic E-state index is 13.9. The van der Waals surface area contributed by atoms with Gasteiger partial charge in [0, 0.05) is 40.9 Å². The number of nitrogens with zero attached hydrogens (tertiary/aromatic N) is 4. The van der Waals surface area contributed by atoms with Crippen molar-refractivity contribution in [2.24, 2.45) is 5.16 Å². The Labute approximate surface area is 237 Å². The minimum atomic E-state index is -0.855. The fourth-order valence-corrected chi connectivity index (χ4v) is 5.17. The Morgan fingerprint density at radius 2 is 1.24 bits per heavy atom. The van der Waals surface area contributed by atoms with Crippen molar-refractivity contribution in [3.8, 4) is 11.1 Å². The molecule has 1 amide bonds. The Morgan fingerprint density at radius 1 is 0.738 bits per heavy atom. The molecule has 0 heterocycles. The molecule has 0 bridgehead atoms. The summed E-state index contributed by atoms with van der Waals surface area (Å²) in [5, 5.41) is 51.3. The molecule has 4 aromatic rings. The highest BCUT2D eigenvalue weighted by Crippen LogP contribution is 2.47. The van der Waals surface area contributed by atoms with Gasteiger partial charge in [-0.05, 0) is 24.0 Å². The first-order chi connectivity index (χ1) is 20.2. The van der Waals surface area contributed by atoms with Gasteiger partial charge in [0.05, 0.1) is 32.0 Å². The zero-order valence-electron chi connectivity index (χ0n) is 21.7. The SMILES string of the molecule is O=C(NC(Cc1ccccc1)Cc1ccccc1)c1cc([N+](=O)[O-])cc2c1-c1c(cc([N+](=O)[O-])cc1[N+](=O)[O-])/C2=N/O. The molecule has 0 saturated heterocycles. The maximum atomic E-state index is 13.9. The van der Waals surface area contributed by atoms with Crippen LogP contribution >= 0.6 is 0 Å². The van der Waals surface area contributed by atoms with Crippen LogP contribution in [0, 0.1) is 30.3 Å². The molecular formula is C29H21N5O8. The summed E-state index contributed by atoms with van der Waals surface area (Å²) in [6, 6.07) is 21.9. The van der Waals surface area contributed by atoms with E-state index in [1.165, 1.54) is 0 Å². The van der Waals surface area contributed by atoms with E-state index in [1.807, 2.05) is 60.7 Å². The Hall–Kier alpha value is -5.98. The van der Waals surface area contributed by atoms with Gasteiger partial charge in [-0.15, -0.1) is 0 Å². The average Bonchev–Trinajstić information content (AvgIpc) is 3.30. The highest BCUT2D eigenvalue weighted by molar-refractivity contribution is 6.28. The van der Waals surface area contributed by atoms with Crippen molar-refractivity contribution < 1.29 is 24.8 Å². The number of nitrogens with one attached hydrogen (secondary N) is 1. The standard InChI is InChI=1S/C29H21N5O8/c35-29(30-19(11-17-7-3-1-4-8-17)12-18-9-5-2-6-10-18)24-15-20(32(37)38)13-22-26(24)27-23(28(22)31-36)14-21(33(39)40)16-25(27)34(41)42/h1-10,13-16,19,36H,11-12H2,(H,30,35)/b31-28+. The van der Waals surface area contributed by atoms with E-state index in [-0.39, 0.29) is 33.5 Å². The van der Waals surface area contributed by atoms with Crippen molar-refractivity contribution in [3.63, 3.8) is 0 Å². The molecule has 13 nitrogen and oxygen atoms in total. The lowest BCUT2D eigenvalue weighted by Crippen LogP contribution is -2.38. The minimum Gasteiger partial charge on any atom is -0.410 e. The number of non-ortho nitro benzene ring substituents is 2. The van der Waals surface area contributed by atoms with Crippen molar-refractivity contribution in [2.45, 2.75) is 18.9 Å². The van der Waals surface area contributed by atoms with E-state index in [4.69, 9.17) is 0 Å². The molecule has 0 saturated carbocycles. The van der Waals surface area contributed by atoms with Crippen molar-refractivity contribution in [3.05, 3.63) is 143 Å². The number of carbonyl (C=O) groups excluding carboxylic acids is 1. The summed E-state index contributed by atoms with van der Waals surface area (Å²) >= 11 is 0. The molecule has 2 N–H and O–H groups in total. The summed E-state index contributed by atoms with van der Waals surface area (Å²) < 4.78 is 0. The van der Waals surface area contributed by atoms with Crippen LogP contribution < -0.4 is 5.32 Å². The van der Waals surface area contributed by atoms with E-state index in [2.05, 4.69) is 10.5 Å². The third-order valence-corrected chi connectivity index (χ3v) is 6.93. The summed E-state index contributed by atoms with van der Waals surface area (Å²) in [7, 11) is 0. The van der Waals surface area contributed by atoms with Crippen molar-refractivity contribution in [1.82, 2.24) is 5.32 Å². The molecule has 5 rings (SSSR count). The molecule has 0 radical (unpaired) electrons. The van der Waals surface area contributed by atoms with Gasteiger partial charge in [-0.1, -0.05) is 65.8 Å². The van der Waals surface area contributed by atoms with E-state index in [1.54, 1.807) is 0 Å². The predicted octanol–water partition coefficient (Wildman–Crippen LogP) is 5.20. The second-order valence-corrected chi connectivity index (χ2v) is 9.57. The van der Waals surface area contributed by atoms with Gasteiger partial charge < -0.3 is 10.5 Å². The van der Waals surface area contributed by atoms with E-state index >= 15 is 0 Å². The van der Waals surface area contributed by atoms with Crippen LogP contribution in [0.1, 0.15) is 32.6 Å². The molecule has 0 atom stereocenters. The quantitative estimate of drug-likeness (QED) is 0.138. The van der Waals surface area contributed by atoms with Crippen LogP contribution in [0.5, 0.6) is 0 Å². The molecule has 1 aliphatic rings. The number of benzene rings is 4. The second kappa shape index (κ2) is 11.3. The Morgan fingerprint density at radius 3 is 1.71 bits per heavy atom. The number of hydrogen-bond donors (Lipinski definition) is 2. The summed E-state index contributed by atoms with van der Waals surface area (Å²) in [5.41, 5.74) is -1.35. The summed E-state index contributed by atoms with van der Waals surface area (Å²) in [5.74, 6) is -0.760. The van der Waals surface area contributed by atoms with Crippen molar-refractivity contribution in [2.75, 3.05) is 0 Å². The van der Waals surface area contributed by atoms with Gasteiger partial charge in [0.25, 0.3) is 23.0 Å². The lowest BCUT2D eigenvalue weighted by atomic mass is 9.95. The van der Waals surface area contributed by atoms with Crippen molar-refractivity contribution in [1.29, 1.82) is 0 Å². The monoisotopic (exact) mass is 567 g/mol. The topological polar surface area (TPSA) is 191 Å². The Kier molecular flexibility index (Phi) is 7.39. The fraction of sp³-hybridized carbons (Fsp3) is 0.103. The third kappa shape index (κ3) is 5.25. The molecule has 0 aliphatic heterocycles. The van der Waals surface area contributed by atoms with Gasteiger partial charge in [0.2, 0.25) is 0 Å². The summed E-state index contributed by atoms with van der Waals surface area (Å²) in [4.78, 5) is 46.9. The van der Waals surface area contributed by atoms with E-state index in [9.17, 15) is 40.3 Å². The largest absolute Gasteiger partial charge is 0.410 e. The number of fused-ring (bicyclic) bond motifs is 3. The first-order valence-electron chi connectivity index (χ1n) is 12.6. The van der Waals surface area contributed by atoms with Crippen LogP contribution in [-0.2, 0) is 12.8 Å². The Balaban J connectivity index is 1.66. The van der Waals surface area contributed by atoms with E-state index in [0.29, 0.717) is 12.8 Å². The zero-order chi connectivity index (χ0) is 30.0. The van der Waals surface area contributed by atoms with Gasteiger partial charge in [-0.3, -0.25) is 35.1 Å². The fourth-order valence-electron chi connectivity index (χ4n) is 5.17. The number of oxime groups is 1. The lowest BCUT2D eigenvalue weighted by molar-refractivity contribution is -0.393. The molecule has 210 valence electrons. The number of rotatable bonds is 9. The first-order valence-corrected chi connectivity index (χ1v) is 12.6. The average molecular weight is 568 g/mol. The maximum Gasteiger partial charge on any atom is 0.284 e. The highest BCUT2D eigenvalue weighted by Gasteiger charge is 2.39. The number of nitro benzene ring substituents is 3. The van der Waals surface area contributed by atoms with E-state index < -0.39 is 43.8 Å². The predicted molar refractivity (Wildman–Crippen MR) is 151 cm³/mol. The van der Waals surface area contributed by atoms with Gasteiger partial charge >= 0.3 is 0 Å². The number of carbonyl (C=O) groups is 1.